The molecule has 0 amide bonds. The first kappa shape index (κ1) is 16.0. The molecule has 0 radical (unpaired) electrons. The Bertz CT molecular complexity index is 711. The summed E-state index contributed by atoms with van der Waals surface area (Å²) in [5, 5.41) is 9.89. The van der Waals surface area contributed by atoms with Crippen LogP contribution in [0.3, 0.4) is 0 Å². The van der Waals surface area contributed by atoms with Crippen molar-refractivity contribution in [2.75, 3.05) is 13.1 Å². The molecule has 1 aromatic carbocycles. The Morgan fingerprint density at radius 1 is 1.39 bits per heavy atom. The molecule has 1 aliphatic rings. The largest absolute Gasteiger partial charge is 0.481 e. The predicted molar refractivity (Wildman–Crippen MR) is 87.3 cm³/mol. The van der Waals surface area contributed by atoms with Crippen LogP contribution in [0.4, 0.5) is 0 Å². The Kier molecular flexibility index (Phi) is 4.41. The van der Waals surface area contributed by atoms with E-state index in [4.69, 9.17) is 16.0 Å². The first-order valence-corrected chi connectivity index (χ1v) is 7.99. The average molecular weight is 335 g/mol. The van der Waals surface area contributed by atoms with Gasteiger partial charge >= 0.3 is 5.97 Å². The number of carbonyl (C=O) groups is 1. The van der Waals surface area contributed by atoms with E-state index in [1.165, 1.54) is 0 Å². The third-order valence-electron chi connectivity index (χ3n) is 4.31. The van der Waals surface area contributed by atoms with E-state index in [0.29, 0.717) is 24.0 Å². The van der Waals surface area contributed by atoms with E-state index in [2.05, 4.69) is 9.88 Å². The lowest BCUT2D eigenvalue weighted by atomic mass is 9.99. The summed E-state index contributed by atoms with van der Waals surface area (Å²) in [4.78, 5) is 17.8. The number of aromatic nitrogens is 1. The number of hydrogen-bond acceptors (Lipinski definition) is 4. The summed E-state index contributed by atoms with van der Waals surface area (Å²) in [5.74, 6) is 0.441. The van der Waals surface area contributed by atoms with Gasteiger partial charge in [0, 0.05) is 23.7 Å². The normalized spacial score (nSPS) is 21.7. The van der Waals surface area contributed by atoms with Gasteiger partial charge in [-0.25, -0.2) is 4.98 Å². The Balaban J connectivity index is 1.74. The summed E-state index contributed by atoms with van der Waals surface area (Å²) >= 11 is 5.91. The second-order valence-corrected chi connectivity index (χ2v) is 6.58. The number of nitrogens with zero attached hydrogens (tertiary/aromatic N) is 2. The number of benzene rings is 1. The smallest absolute Gasteiger partial charge is 0.308 e. The molecule has 0 unspecified atom stereocenters. The van der Waals surface area contributed by atoms with E-state index < -0.39 is 5.97 Å². The van der Waals surface area contributed by atoms with Crippen molar-refractivity contribution in [2.24, 2.45) is 11.8 Å². The summed E-state index contributed by atoms with van der Waals surface area (Å²) in [6.45, 7) is 5.69. The van der Waals surface area contributed by atoms with Gasteiger partial charge in [0.25, 0.3) is 0 Å². The highest BCUT2D eigenvalue weighted by Crippen LogP contribution is 2.28. The molecule has 6 heteroatoms. The van der Waals surface area contributed by atoms with Crippen LogP contribution in [-0.2, 0) is 11.3 Å². The SMILES string of the molecule is Cc1nc(CN2C[C@@H](C)[C@H](C(=O)O)C2)oc1-c1ccc(Cl)cc1. The predicted octanol–water partition coefficient (Wildman–Crippen LogP) is 3.46. The van der Waals surface area contributed by atoms with Gasteiger partial charge in [-0.15, -0.1) is 0 Å². The van der Waals surface area contributed by atoms with Crippen LogP contribution in [-0.4, -0.2) is 34.0 Å². The van der Waals surface area contributed by atoms with Gasteiger partial charge in [-0.1, -0.05) is 18.5 Å². The van der Waals surface area contributed by atoms with Crippen molar-refractivity contribution in [1.82, 2.24) is 9.88 Å². The molecule has 0 saturated carbocycles. The zero-order chi connectivity index (χ0) is 16.6. The van der Waals surface area contributed by atoms with Gasteiger partial charge in [0.2, 0.25) is 5.89 Å². The molecule has 3 rings (SSSR count). The second-order valence-electron chi connectivity index (χ2n) is 6.15. The van der Waals surface area contributed by atoms with Gasteiger partial charge in [0.05, 0.1) is 18.2 Å². The number of halogens is 1. The summed E-state index contributed by atoms with van der Waals surface area (Å²) in [6.07, 6.45) is 0. The van der Waals surface area contributed by atoms with Crippen molar-refractivity contribution in [3.63, 3.8) is 0 Å². The molecular formula is C17H19ClN2O3. The monoisotopic (exact) mass is 334 g/mol. The van der Waals surface area contributed by atoms with Crippen LogP contribution >= 0.6 is 11.6 Å². The van der Waals surface area contributed by atoms with Gasteiger partial charge < -0.3 is 9.52 Å². The quantitative estimate of drug-likeness (QED) is 0.927. The van der Waals surface area contributed by atoms with E-state index in [1.807, 2.05) is 38.1 Å². The zero-order valence-electron chi connectivity index (χ0n) is 13.1. The maximum Gasteiger partial charge on any atom is 0.308 e. The number of hydrogen-bond donors (Lipinski definition) is 1. The molecule has 2 aromatic rings. The lowest BCUT2D eigenvalue weighted by Crippen LogP contribution is -2.23. The van der Waals surface area contributed by atoms with Crippen LogP contribution < -0.4 is 0 Å². The molecule has 23 heavy (non-hydrogen) atoms. The summed E-state index contributed by atoms with van der Waals surface area (Å²) in [5.41, 5.74) is 1.76. The number of aryl methyl sites for hydroxylation is 1. The molecule has 2 heterocycles. The van der Waals surface area contributed by atoms with Crippen molar-refractivity contribution in [1.29, 1.82) is 0 Å². The van der Waals surface area contributed by atoms with E-state index >= 15 is 0 Å². The van der Waals surface area contributed by atoms with Gasteiger partial charge in [0.1, 0.15) is 0 Å². The fourth-order valence-corrected chi connectivity index (χ4v) is 3.22. The van der Waals surface area contributed by atoms with E-state index in [0.717, 1.165) is 23.6 Å². The molecule has 122 valence electrons. The third kappa shape index (κ3) is 3.41. The van der Waals surface area contributed by atoms with Crippen molar-refractivity contribution in [2.45, 2.75) is 20.4 Å². The van der Waals surface area contributed by atoms with Crippen LogP contribution in [0.2, 0.25) is 5.02 Å². The number of rotatable bonds is 4. The van der Waals surface area contributed by atoms with Crippen molar-refractivity contribution >= 4 is 17.6 Å². The fourth-order valence-electron chi connectivity index (χ4n) is 3.10. The van der Waals surface area contributed by atoms with Crippen molar-refractivity contribution in [3.05, 3.63) is 40.9 Å². The lowest BCUT2D eigenvalue weighted by molar-refractivity contribution is -0.142. The van der Waals surface area contributed by atoms with Crippen LogP contribution in [0.5, 0.6) is 0 Å². The van der Waals surface area contributed by atoms with Crippen LogP contribution in [0.25, 0.3) is 11.3 Å². The van der Waals surface area contributed by atoms with Gasteiger partial charge in [-0.05, 0) is 37.1 Å². The molecule has 5 nitrogen and oxygen atoms in total. The van der Waals surface area contributed by atoms with E-state index in [9.17, 15) is 9.90 Å². The molecule has 1 aromatic heterocycles. The van der Waals surface area contributed by atoms with Crippen LogP contribution in [0.15, 0.2) is 28.7 Å². The molecule has 2 atom stereocenters. The molecule has 1 aliphatic heterocycles. The lowest BCUT2D eigenvalue weighted by Gasteiger charge is -2.12. The molecule has 1 saturated heterocycles. The molecule has 1 N–H and O–H groups in total. The second kappa shape index (κ2) is 6.34. The maximum absolute atomic E-state index is 11.2. The minimum Gasteiger partial charge on any atom is -0.481 e. The molecule has 1 fully saturated rings. The van der Waals surface area contributed by atoms with Gasteiger partial charge in [0.15, 0.2) is 5.76 Å². The van der Waals surface area contributed by atoms with E-state index in [-0.39, 0.29) is 11.8 Å². The number of aliphatic carboxylic acids is 1. The maximum atomic E-state index is 11.2. The highest BCUT2D eigenvalue weighted by molar-refractivity contribution is 6.30. The molecular weight excluding hydrogens is 316 g/mol. The standard InChI is InChI=1S/C17H19ClN2O3/c1-10-7-20(8-14(10)17(21)22)9-15-19-11(2)16(23-15)12-3-5-13(18)6-4-12/h3-6,10,14H,7-9H2,1-2H3,(H,21,22)/t10-,14-/m1/s1. The van der Waals surface area contributed by atoms with Gasteiger partial charge in [-0.3, -0.25) is 9.69 Å². The topological polar surface area (TPSA) is 66.6 Å². The molecule has 0 bridgehead atoms. The Morgan fingerprint density at radius 2 is 2.09 bits per heavy atom. The molecule has 0 aliphatic carbocycles. The Hall–Kier alpha value is -1.85. The zero-order valence-corrected chi connectivity index (χ0v) is 13.9. The number of carboxylic acid groups (broad SMARTS) is 1. The minimum atomic E-state index is -0.731. The summed E-state index contributed by atoms with van der Waals surface area (Å²) in [6, 6.07) is 7.44. The van der Waals surface area contributed by atoms with Gasteiger partial charge in [-0.2, -0.15) is 0 Å². The average Bonchev–Trinajstić information content (AvgIpc) is 3.03. The Morgan fingerprint density at radius 3 is 2.70 bits per heavy atom. The van der Waals surface area contributed by atoms with Crippen molar-refractivity contribution < 1.29 is 14.3 Å². The highest BCUT2D eigenvalue weighted by atomic mass is 35.5. The first-order chi connectivity index (χ1) is 10.9. The van der Waals surface area contributed by atoms with Crippen LogP contribution in [0, 0.1) is 18.8 Å². The number of oxazole rings is 1. The first-order valence-electron chi connectivity index (χ1n) is 7.61. The summed E-state index contributed by atoms with van der Waals surface area (Å²) in [7, 11) is 0. The Labute approximate surface area is 139 Å². The van der Waals surface area contributed by atoms with E-state index in [1.54, 1.807) is 0 Å². The minimum absolute atomic E-state index is 0.138. The summed E-state index contributed by atoms with van der Waals surface area (Å²) < 4.78 is 5.89. The fraction of sp³-hybridized carbons (Fsp3) is 0.412. The third-order valence-corrected chi connectivity index (χ3v) is 4.56. The number of carboxylic acids is 1. The highest BCUT2D eigenvalue weighted by Gasteiger charge is 2.35. The molecule has 0 spiro atoms. The van der Waals surface area contributed by atoms with Crippen molar-refractivity contribution in [3.8, 4) is 11.3 Å². The number of likely N-dealkylation sites (tertiary alicyclic amines) is 1. The van der Waals surface area contributed by atoms with Crippen LogP contribution in [0.1, 0.15) is 18.5 Å².